The van der Waals surface area contributed by atoms with Crippen molar-refractivity contribution in [2.45, 2.75) is 29.6 Å². The molecule has 0 amide bonds. The zero-order valence-corrected chi connectivity index (χ0v) is 21.0. The molecule has 2 atom stereocenters. The van der Waals surface area contributed by atoms with E-state index in [1.165, 1.54) is 22.5 Å². The lowest BCUT2D eigenvalue weighted by Gasteiger charge is -2.24. The van der Waals surface area contributed by atoms with Crippen molar-refractivity contribution in [2.24, 2.45) is 7.05 Å². The van der Waals surface area contributed by atoms with E-state index in [2.05, 4.69) is 5.10 Å². The minimum absolute atomic E-state index is 0.0223. The maximum absolute atomic E-state index is 13.8. The number of rotatable bonds is 4. The predicted octanol–water partition coefficient (Wildman–Crippen LogP) is 5.03. The summed E-state index contributed by atoms with van der Waals surface area (Å²) in [6.45, 7) is -0.0223. The molecule has 11 heteroatoms. The Bertz CT molecular complexity index is 1760. The maximum atomic E-state index is 13.8. The molecule has 196 valence electrons. The maximum Gasteiger partial charge on any atom is 0.416 e. The molecule has 1 saturated heterocycles. The number of aliphatic hydroxyl groups excluding tert-OH is 1. The topological polar surface area (TPSA) is 80.4 Å². The van der Waals surface area contributed by atoms with Crippen LogP contribution in [0.1, 0.15) is 23.6 Å². The van der Waals surface area contributed by atoms with Crippen LogP contribution in [0, 0.1) is 0 Å². The first-order valence-corrected chi connectivity index (χ1v) is 13.4. The molecular formula is C27H23F3N4O3S. The van der Waals surface area contributed by atoms with Gasteiger partial charge in [-0.15, -0.1) is 0 Å². The summed E-state index contributed by atoms with van der Waals surface area (Å²) in [5, 5.41) is 15.4. The van der Waals surface area contributed by atoms with Gasteiger partial charge in [0, 0.05) is 30.9 Å². The van der Waals surface area contributed by atoms with Crippen LogP contribution >= 0.6 is 0 Å². The van der Waals surface area contributed by atoms with Gasteiger partial charge in [-0.2, -0.15) is 22.6 Å². The molecule has 7 nitrogen and oxygen atoms in total. The standard InChI is InChI=1S/C27H23F3N4O3S/c1-32-16-25-26(31-32)22-14-21(11-12-23(22)34(25)19-9-7-18(8-10-19)27(28,29)30)38(36,37)33-15-20(35)13-24(33)17-5-3-2-4-6-17/h2-12,14,16,20,24,35H,13,15H2,1H3/t20-,24+/m1/s1. The fourth-order valence-corrected chi connectivity index (χ4v) is 6.95. The number of aromatic nitrogens is 3. The zero-order chi connectivity index (χ0) is 26.8. The molecule has 1 aliphatic heterocycles. The average Bonchev–Trinajstić information content (AvgIpc) is 3.55. The highest BCUT2D eigenvalue weighted by atomic mass is 32.2. The number of fused-ring (bicyclic) bond motifs is 3. The van der Waals surface area contributed by atoms with Gasteiger partial charge in [-0.25, -0.2) is 8.42 Å². The van der Waals surface area contributed by atoms with Gasteiger partial charge in [0.25, 0.3) is 0 Å². The van der Waals surface area contributed by atoms with E-state index in [0.717, 1.165) is 17.7 Å². The van der Waals surface area contributed by atoms with Gasteiger partial charge in [-0.05, 0) is 54.4 Å². The number of hydrogen-bond acceptors (Lipinski definition) is 4. The molecule has 0 spiro atoms. The van der Waals surface area contributed by atoms with Crippen molar-refractivity contribution in [1.82, 2.24) is 18.7 Å². The van der Waals surface area contributed by atoms with Crippen molar-refractivity contribution in [1.29, 1.82) is 0 Å². The van der Waals surface area contributed by atoms with Crippen LogP contribution in [0.4, 0.5) is 13.2 Å². The Labute approximate surface area is 216 Å². The largest absolute Gasteiger partial charge is 0.416 e. The first kappa shape index (κ1) is 24.7. The smallest absolute Gasteiger partial charge is 0.392 e. The summed E-state index contributed by atoms with van der Waals surface area (Å²) >= 11 is 0. The molecule has 1 fully saturated rings. The van der Waals surface area contributed by atoms with Crippen molar-refractivity contribution in [3.63, 3.8) is 0 Å². The first-order chi connectivity index (χ1) is 18.0. The number of halogens is 3. The van der Waals surface area contributed by atoms with E-state index in [9.17, 15) is 26.7 Å². The molecule has 0 unspecified atom stereocenters. The second kappa shape index (κ2) is 8.69. The highest BCUT2D eigenvalue weighted by Crippen LogP contribution is 2.39. The molecule has 5 aromatic rings. The minimum atomic E-state index is -4.45. The van der Waals surface area contributed by atoms with Gasteiger partial charge < -0.3 is 9.67 Å². The third-order valence-electron chi connectivity index (χ3n) is 6.99. The second-order valence-corrected chi connectivity index (χ2v) is 11.4. The number of nitrogens with zero attached hydrogens (tertiary/aromatic N) is 4. The fraction of sp³-hybridized carbons (Fsp3) is 0.222. The van der Waals surface area contributed by atoms with E-state index in [0.29, 0.717) is 34.0 Å². The van der Waals surface area contributed by atoms with Gasteiger partial charge >= 0.3 is 6.18 Å². The van der Waals surface area contributed by atoms with Gasteiger partial charge in [0.05, 0.1) is 33.6 Å². The van der Waals surface area contributed by atoms with Crippen molar-refractivity contribution in [3.05, 3.63) is 90.1 Å². The summed E-state index contributed by atoms with van der Waals surface area (Å²) < 4.78 is 71.7. The van der Waals surface area contributed by atoms with Crippen LogP contribution in [0.15, 0.2) is 83.9 Å². The third kappa shape index (κ3) is 3.98. The molecule has 0 bridgehead atoms. The molecule has 0 saturated carbocycles. The van der Waals surface area contributed by atoms with Crippen LogP contribution < -0.4 is 0 Å². The van der Waals surface area contributed by atoms with E-state index < -0.39 is 33.9 Å². The van der Waals surface area contributed by atoms with Crippen molar-refractivity contribution in [2.75, 3.05) is 6.54 Å². The fourth-order valence-electron chi connectivity index (χ4n) is 5.26. The molecule has 0 radical (unpaired) electrons. The molecule has 1 aliphatic rings. The number of alkyl halides is 3. The van der Waals surface area contributed by atoms with Crippen LogP contribution in [0.5, 0.6) is 0 Å². The average molecular weight is 541 g/mol. The minimum Gasteiger partial charge on any atom is -0.392 e. The lowest BCUT2D eigenvalue weighted by molar-refractivity contribution is -0.137. The summed E-state index contributed by atoms with van der Waals surface area (Å²) in [6, 6.07) is 18.2. The van der Waals surface area contributed by atoms with E-state index in [1.807, 2.05) is 30.3 Å². The highest BCUT2D eigenvalue weighted by molar-refractivity contribution is 7.89. The normalized spacial score (nSPS) is 19.1. The Balaban J connectivity index is 1.48. The summed E-state index contributed by atoms with van der Waals surface area (Å²) in [6.07, 6.45) is -3.21. The Kier molecular flexibility index (Phi) is 5.64. The number of hydrogen-bond donors (Lipinski definition) is 1. The van der Waals surface area contributed by atoms with Crippen LogP contribution in [0.3, 0.4) is 0 Å². The van der Waals surface area contributed by atoms with Crippen LogP contribution in [0.2, 0.25) is 0 Å². The van der Waals surface area contributed by atoms with Gasteiger partial charge in [0.2, 0.25) is 10.0 Å². The molecule has 0 aliphatic carbocycles. The Morgan fingerprint density at radius 3 is 2.37 bits per heavy atom. The molecule has 3 heterocycles. The zero-order valence-electron chi connectivity index (χ0n) is 20.2. The summed E-state index contributed by atoms with van der Waals surface area (Å²) in [5.41, 5.74) is 2.32. The second-order valence-electron chi connectivity index (χ2n) is 9.49. The lowest BCUT2D eigenvalue weighted by Crippen LogP contribution is -2.31. The molecule has 38 heavy (non-hydrogen) atoms. The van der Waals surface area contributed by atoms with Crippen molar-refractivity contribution < 1.29 is 26.7 Å². The van der Waals surface area contributed by atoms with E-state index in [4.69, 9.17) is 0 Å². The van der Waals surface area contributed by atoms with Gasteiger partial charge in [0.1, 0.15) is 5.52 Å². The van der Waals surface area contributed by atoms with Crippen molar-refractivity contribution in [3.8, 4) is 5.69 Å². The monoisotopic (exact) mass is 540 g/mol. The molecule has 1 N–H and O–H groups in total. The molecule has 3 aromatic carbocycles. The highest BCUT2D eigenvalue weighted by Gasteiger charge is 2.40. The summed E-state index contributed by atoms with van der Waals surface area (Å²) in [4.78, 5) is 0.0529. The summed E-state index contributed by atoms with van der Waals surface area (Å²) in [7, 11) is -2.27. The number of benzene rings is 3. The first-order valence-electron chi connectivity index (χ1n) is 11.9. The Hall–Kier alpha value is -3.67. The molecular weight excluding hydrogens is 517 g/mol. The van der Waals surface area contributed by atoms with E-state index >= 15 is 0 Å². The predicted molar refractivity (Wildman–Crippen MR) is 136 cm³/mol. The lowest BCUT2D eigenvalue weighted by atomic mass is 10.1. The van der Waals surface area contributed by atoms with Gasteiger partial charge in [0.15, 0.2) is 0 Å². The van der Waals surface area contributed by atoms with Gasteiger partial charge in [-0.3, -0.25) is 4.68 Å². The van der Waals surface area contributed by atoms with E-state index in [1.54, 1.807) is 34.6 Å². The van der Waals surface area contributed by atoms with Crippen LogP contribution in [-0.2, 0) is 23.2 Å². The number of β-amino-alcohol motifs (C(OH)–C–C–N with tert-alkyl or cyclic N) is 1. The number of aryl methyl sites for hydroxylation is 1. The summed E-state index contributed by atoms with van der Waals surface area (Å²) in [5.74, 6) is 0. The SMILES string of the molecule is Cn1cc2c(n1)c1cc(S(=O)(=O)N3C[C@H](O)C[C@H]3c3ccccc3)ccc1n2-c1ccc(C(F)(F)F)cc1. The number of aliphatic hydroxyl groups is 1. The quantitative estimate of drug-likeness (QED) is 0.347. The Morgan fingerprint density at radius 2 is 1.68 bits per heavy atom. The molecule has 2 aromatic heterocycles. The number of sulfonamides is 1. The van der Waals surface area contributed by atoms with Crippen LogP contribution in [-0.4, -0.2) is 44.8 Å². The van der Waals surface area contributed by atoms with Gasteiger partial charge in [-0.1, -0.05) is 30.3 Å². The van der Waals surface area contributed by atoms with Crippen molar-refractivity contribution >= 4 is 32.0 Å². The van der Waals surface area contributed by atoms with E-state index in [-0.39, 0.29) is 11.4 Å². The Morgan fingerprint density at radius 1 is 0.974 bits per heavy atom. The molecule has 6 rings (SSSR count). The van der Waals surface area contributed by atoms with Crippen LogP contribution in [0.25, 0.3) is 27.6 Å². The third-order valence-corrected chi connectivity index (χ3v) is 8.86.